The van der Waals surface area contributed by atoms with Crippen molar-refractivity contribution in [3.63, 3.8) is 0 Å². The normalized spacial score (nSPS) is 21.8. The van der Waals surface area contributed by atoms with Gasteiger partial charge >= 0.3 is 41.8 Å². The molecule has 22 heteroatoms. The number of alkyl halides is 3. The first-order valence-electron chi connectivity index (χ1n) is 26.1. The number of rotatable bonds is 19. The van der Waals surface area contributed by atoms with E-state index in [0.717, 1.165) is 0 Å². The zero-order valence-corrected chi connectivity index (χ0v) is 46.6. The van der Waals surface area contributed by atoms with Crippen molar-refractivity contribution in [2.24, 2.45) is 0 Å². The van der Waals surface area contributed by atoms with Crippen molar-refractivity contribution in [2.45, 2.75) is 65.2 Å². The summed E-state index contributed by atoms with van der Waals surface area (Å²) in [6, 6.07) is 53.5. The van der Waals surface area contributed by atoms with Crippen LogP contribution < -0.4 is 0 Å². The average Bonchev–Trinajstić information content (AvgIpc) is 3.64. The third-order valence-electron chi connectivity index (χ3n) is 13.0. The highest BCUT2D eigenvalue weighted by molar-refractivity contribution is 6.76. The molecule has 0 aliphatic carbocycles. The summed E-state index contributed by atoms with van der Waals surface area (Å²) in [5.41, 5.74) is 0.0944. The number of ether oxygens (including phenoxy) is 11. The number of nitrogens with one attached hydrogen (secondary N) is 1. The van der Waals surface area contributed by atoms with Crippen LogP contribution in [0.15, 0.2) is 212 Å². The molecule has 7 aromatic rings. The number of esters is 7. The molecule has 2 saturated heterocycles. The van der Waals surface area contributed by atoms with Crippen molar-refractivity contribution >= 4 is 82.5 Å². The standard InChI is InChI=1S/C63H50Cl3NO18/c64-63(65,66)62(67)85-61-52(84-59(74)44-34-20-7-21-35-44)50(82-57(72)42-30-16-5-17-31-42)48(80-55(70)40-26-12-3-13-27-40)46(78-61)37-76-60-51(83-58(73)43-32-18-6-19-33-43)49(81-56(71)41-28-14-4-15-29-41)47(79-54(69)39-24-10-2-11-25-39)45(77-60)36-75-53(68)38-22-8-1-9-23-38/h1-35,45-52,60-61,67H,36-37H2/t45-,46-,47-,48-,49+,50+,51-,52-,60-,61+/m1/s1. The van der Waals surface area contributed by atoms with E-state index in [1.54, 1.807) is 127 Å². The molecule has 2 fully saturated rings. The van der Waals surface area contributed by atoms with Crippen LogP contribution in [0.4, 0.5) is 0 Å². The van der Waals surface area contributed by atoms with E-state index in [9.17, 15) is 33.6 Å². The van der Waals surface area contributed by atoms with Gasteiger partial charge in [0.25, 0.3) is 3.79 Å². The van der Waals surface area contributed by atoms with Crippen LogP contribution in [-0.2, 0) is 52.1 Å². The fourth-order valence-corrected chi connectivity index (χ4v) is 8.97. The Morgan fingerprint density at radius 1 is 0.329 bits per heavy atom. The number of hydrogen-bond acceptors (Lipinski definition) is 19. The Bertz CT molecular complexity index is 3420. The second-order valence-electron chi connectivity index (χ2n) is 18.7. The molecule has 10 atom stereocenters. The highest BCUT2D eigenvalue weighted by Gasteiger charge is 2.57. The summed E-state index contributed by atoms with van der Waals surface area (Å²) in [6.45, 7) is -1.64. The Balaban J connectivity index is 1.17. The van der Waals surface area contributed by atoms with E-state index in [1.165, 1.54) is 84.9 Å². The molecule has 0 bridgehead atoms. The molecule has 2 heterocycles. The van der Waals surface area contributed by atoms with Crippen molar-refractivity contribution in [3.8, 4) is 0 Å². The van der Waals surface area contributed by atoms with Crippen LogP contribution in [0, 0.1) is 5.41 Å². The maximum Gasteiger partial charge on any atom is 0.338 e. The van der Waals surface area contributed by atoms with Gasteiger partial charge in [0.1, 0.15) is 18.8 Å². The zero-order valence-electron chi connectivity index (χ0n) is 44.4. The number of benzene rings is 7. The lowest BCUT2D eigenvalue weighted by Crippen LogP contribution is -2.65. The Morgan fingerprint density at radius 3 is 0.882 bits per heavy atom. The summed E-state index contributed by atoms with van der Waals surface area (Å²) in [5, 5.41) is 8.69. The van der Waals surface area contributed by atoms with Crippen molar-refractivity contribution in [1.82, 2.24) is 0 Å². The lowest BCUT2D eigenvalue weighted by atomic mass is 9.96. The number of halogens is 3. The van der Waals surface area contributed by atoms with Gasteiger partial charge in [0.15, 0.2) is 36.8 Å². The topological polar surface area (TPSA) is 245 Å². The third-order valence-corrected chi connectivity index (χ3v) is 13.5. The monoisotopic (exact) mass is 1210 g/mol. The van der Waals surface area contributed by atoms with Crippen molar-refractivity contribution in [3.05, 3.63) is 251 Å². The first kappa shape index (κ1) is 60.6. The van der Waals surface area contributed by atoms with Gasteiger partial charge in [0.2, 0.25) is 18.3 Å². The molecular weight excluding hydrogens is 1170 g/mol. The van der Waals surface area contributed by atoms with Gasteiger partial charge in [-0.1, -0.05) is 162 Å². The van der Waals surface area contributed by atoms with E-state index in [1.807, 2.05) is 0 Å². The summed E-state index contributed by atoms with van der Waals surface area (Å²) < 4.78 is 65.8. The van der Waals surface area contributed by atoms with Crippen molar-refractivity contribution < 1.29 is 85.7 Å². The predicted octanol–water partition coefficient (Wildman–Crippen LogP) is 10.0. The average molecular weight is 1220 g/mol. The maximum absolute atomic E-state index is 14.4. The minimum absolute atomic E-state index is 0.00328. The molecule has 1 N–H and O–H groups in total. The summed E-state index contributed by atoms with van der Waals surface area (Å²) in [4.78, 5) is 99.5. The van der Waals surface area contributed by atoms with Gasteiger partial charge in [-0.2, -0.15) is 0 Å². The molecular formula is C63H50Cl3NO18. The third kappa shape index (κ3) is 15.8. The quantitative estimate of drug-likeness (QED) is 0.0260. The molecule has 85 heavy (non-hydrogen) atoms. The van der Waals surface area contributed by atoms with E-state index < -0.39 is 126 Å². The van der Waals surface area contributed by atoms with Crippen LogP contribution in [0.2, 0.25) is 0 Å². The van der Waals surface area contributed by atoms with Gasteiger partial charge in [0.05, 0.1) is 45.6 Å². The van der Waals surface area contributed by atoms with Crippen LogP contribution >= 0.6 is 34.8 Å². The molecule has 2 aliphatic heterocycles. The fourth-order valence-electron chi connectivity index (χ4n) is 8.84. The summed E-state index contributed by atoms with van der Waals surface area (Å²) in [7, 11) is 0. The molecule has 0 radical (unpaired) electrons. The fraction of sp³-hybridized carbons (Fsp3) is 0.206. The summed E-state index contributed by atoms with van der Waals surface area (Å²) in [5.74, 6) is -8.04. The van der Waals surface area contributed by atoms with Gasteiger partial charge in [-0.15, -0.1) is 0 Å². The van der Waals surface area contributed by atoms with Crippen LogP contribution in [-0.4, -0.2) is 126 Å². The molecule has 2 aliphatic rings. The zero-order chi connectivity index (χ0) is 59.9. The molecule has 9 rings (SSSR count). The minimum Gasteiger partial charge on any atom is -0.459 e. The van der Waals surface area contributed by atoms with Crippen LogP contribution in [0.25, 0.3) is 0 Å². The first-order chi connectivity index (χ1) is 41.1. The van der Waals surface area contributed by atoms with Gasteiger partial charge in [0, 0.05) is 0 Å². The molecule has 0 saturated carbocycles. The first-order valence-corrected chi connectivity index (χ1v) is 27.3. The Hall–Kier alpha value is -8.95. The Labute approximate surface area is 500 Å². The minimum atomic E-state index is -2.59. The van der Waals surface area contributed by atoms with E-state index in [4.69, 9.17) is 92.3 Å². The second-order valence-corrected chi connectivity index (χ2v) is 21.0. The van der Waals surface area contributed by atoms with Crippen molar-refractivity contribution in [1.29, 1.82) is 5.41 Å². The molecule has 0 unspecified atom stereocenters. The highest BCUT2D eigenvalue weighted by atomic mass is 35.6. The molecule has 0 amide bonds. The van der Waals surface area contributed by atoms with E-state index in [-0.39, 0.29) is 38.9 Å². The molecule has 436 valence electrons. The van der Waals surface area contributed by atoms with Gasteiger partial charge in [-0.3, -0.25) is 5.41 Å². The number of hydrogen-bond donors (Lipinski definition) is 1. The summed E-state index contributed by atoms with van der Waals surface area (Å²) in [6.07, 6.45) is -19.0. The molecule has 7 aromatic carbocycles. The van der Waals surface area contributed by atoms with E-state index in [0.29, 0.717) is 0 Å². The Morgan fingerprint density at radius 2 is 0.576 bits per heavy atom. The van der Waals surface area contributed by atoms with Gasteiger partial charge < -0.3 is 52.1 Å². The smallest absolute Gasteiger partial charge is 0.338 e. The number of carbonyl (C=O) groups is 7. The largest absolute Gasteiger partial charge is 0.459 e. The predicted molar refractivity (Wildman–Crippen MR) is 303 cm³/mol. The van der Waals surface area contributed by atoms with E-state index >= 15 is 0 Å². The van der Waals surface area contributed by atoms with Crippen molar-refractivity contribution in [2.75, 3.05) is 13.2 Å². The lowest BCUT2D eigenvalue weighted by Gasteiger charge is -2.46. The highest BCUT2D eigenvalue weighted by Crippen LogP contribution is 2.37. The Kier molecular flexibility index (Phi) is 20.4. The molecule has 0 spiro atoms. The van der Waals surface area contributed by atoms with E-state index in [2.05, 4.69) is 0 Å². The van der Waals surface area contributed by atoms with Gasteiger partial charge in [-0.25, -0.2) is 33.6 Å². The van der Waals surface area contributed by atoms with Crippen LogP contribution in [0.1, 0.15) is 72.5 Å². The van der Waals surface area contributed by atoms with Gasteiger partial charge in [-0.05, 0) is 84.9 Å². The van der Waals surface area contributed by atoms with Crippen LogP contribution in [0.5, 0.6) is 0 Å². The lowest BCUT2D eigenvalue weighted by molar-refractivity contribution is -0.321. The second kappa shape index (κ2) is 28.6. The maximum atomic E-state index is 14.4. The molecule has 0 aromatic heterocycles. The summed E-state index contributed by atoms with van der Waals surface area (Å²) >= 11 is 18.5. The number of carbonyl (C=O) groups excluding carboxylic acids is 7. The van der Waals surface area contributed by atoms with Crippen LogP contribution in [0.3, 0.4) is 0 Å². The molecule has 19 nitrogen and oxygen atoms in total. The SMILES string of the molecule is N=C(O[C@@H]1O[C@H](CO[C@@H]2O[C@H](COC(=O)c3ccccc3)[C@@H](OC(=O)c3ccccc3)[C@H](OC(=O)c3ccccc3)[C@H]2OC(=O)c2ccccc2)[C@@H](OC(=O)c2ccccc2)[C@H](OC(=O)c2ccccc2)[C@H]1OC(=O)c1ccccc1)C(Cl)(Cl)Cl.